The predicted octanol–water partition coefficient (Wildman–Crippen LogP) is 1.62. The number of amides is 1. The number of anilines is 1. The van der Waals surface area contributed by atoms with E-state index in [4.69, 9.17) is 16.9 Å². The summed E-state index contributed by atoms with van der Waals surface area (Å²) in [5.74, 6) is -0.573. The van der Waals surface area contributed by atoms with Crippen molar-refractivity contribution in [2.45, 2.75) is 11.7 Å². The Morgan fingerprint density at radius 3 is 2.68 bits per heavy atom. The maximum absolute atomic E-state index is 12.9. The van der Waals surface area contributed by atoms with E-state index in [-0.39, 0.29) is 22.8 Å². The highest BCUT2D eigenvalue weighted by Crippen LogP contribution is 2.34. The molecule has 0 radical (unpaired) electrons. The zero-order chi connectivity index (χ0) is 14.2. The van der Waals surface area contributed by atoms with Gasteiger partial charge in [0.05, 0.1) is 16.3 Å². The molecule has 1 unspecified atom stereocenters. The lowest BCUT2D eigenvalue weighted by Crippen LogP contribution is -2.27. The SMILES string of the molecule is N#Cc1cccc(Cl)c1N1CC(S(=O)(=O)F)CC1=O. The molecule has 0 aliphatic carbocycles. The van der Waals surface area contributed by atoms with Crippen molar-refractivity contribution in [1.29, 1.82) is 5.26 Å². The smallest absolute Gasteiger partial charge is 0.307 e. The van der Waals surface area contributed by atoms with Crippen LogP contribution in [0.25, 0.3) is 0 Å². The zero-order valence-corrected chi connectivity index (χ0v) is 11.1. The highest BCUT2D eigenvalue weighted by molar-refractivity contribution is 7.87. The first kappa shape index (κ1) is 13.8. The molecule has 1 aliphatic heterocycles. The van der Waals surface area contributed by atoms with E-state index in [0.29, 0.717) is 0 Å². The summed E-state index contributed by atoms with van der Waals surface area (Å²) in [6.45, 7) is -0.337. The average molecular weight is 303 g/mol. The van der Waals surface area contributed by atoms with Crippen molar-refractivity contribution < 1.29 is 17.1 Å². The maximum Gasteiger partial charge on any atom is 0.307 e. The van der Waals surface area contributed by atoms with Gasteiger partial charge in [-0.05, 0) is 12.1 Å². The third kappa shape index (κ3) is 2.55. The number of para-hydroxylation sites is 1. The van der Waals surface area contributed by atoms with E-state index < -0.39 is 27.8 Å². The zero-order valence-electron chi connectivity index (χ0n) is 9.51. The molecule has 0 bridgehead atoms. The van der Waals surface area contributed by atoms with Crippen LogP contribution in [0, 0.1) is 11.3 Å². The van der Waals surface area contributed by atoms with Gasteiger partial charge in [0.2, 0.25) is 5.91 Å². The van der Waals surface area contributed by atoms with Gasteiger partial charge in [0.1, 0.15) is 11.3 Å². The summed E-state index contributed by atoms with van der Waals surface area (Å²) >= 11 is 5.93. The van der Waals surface area contributed by atoms with Gasteiger partial charge in [0.25, 0.3) is 0 Å². The summed E-state index contributed by atoms with van der Waals surface area (Å²) in [5, 5.41) is 7.71. The highest BCUT2D eigenvalue weighted by Gasteiger charge is 2.40. The second kappa shape index (κ2) is 4.79. The molecule has 1 aliphatic rings. The van der Waals surface area contributed by atoms with Crippen LogP contribution in [0.1, 0.15) is 12.0 Å². The van der Waals surface area contributed by atoms with Crippen molar-refractivity contribution in [3.8, 4) is 6.07 Å². The molecule has 0 spiro atoms. The molecular weight excluding hydrogens is 295 g/mol. The molecule has 0 N–H and O–H groups in total. The molecule has 1 heterocycles. The van der Waals surface area contributed by atoms with Crippen LogP contribution >= 0.6 is 11.6 Å². The highest BCUT2D eigenvalue weighted by atomic mass is 35.5. The predicted molar refractivity (Wildman–Crippen MR) is 67.0 cm³/mol. The van der Waals surface area contributed by atoms with Crippen molar-refractivity contribution in [2.24, 2.45) is 0 Å². The number of hydrogen-bond donors (Lipinski definition) is 0. The van der Waals surface area contributed by atoms with Crippen molar-refractivity contribution in [3.63, 3.8) is 0 Å². The summed E-state index contributed by atoms with van der Waals surface area (Å²) in [4.78, 5) is 12.8. The van der Waals surface area contributed by atoms with Crippen LogP contribution < -0.4 is 4.90 Å². The minimum Gasteiger partial charge on any atom is -0.308 e. The van der Waals surface area contributed by atoms with Crippen molar-refractivity contribution in [1.82, 2.24) is 0 Å². The first-order chi connectivity index (χ1) is 8.84. The van der Waals surface area contributed by atoms with Crippen LogP contribution in [0.4, 0.5) is 9.57 Å². The fourth-order valence-corrected chi connectivity index (χ4v) is 2.90. The number of carbonyl (C=O) groups is 1. The number of nitrogens with zero attached hydrogens (tertiary/aromatic N) is 2. The van der Waals surface area contributed by atoms with E-state index in [0.717, 1.165) is 4.90 Å². The molecule has 0 saturated carbocycles. The number of benzene rings is 1. The van der Waals surface area contributed by atoms with Crippen molar-refractivity contribution in [3.05, 3.63) is 28.8 Å². The molecule has 100 valence electrons. The van der Waals surface area contributed by atoms with Crippen molar-refractivity contribution in [2.75, 3.05) is 11.4 Å². The van der Waals surface area contributed by atoms with Crippen LogP contribution in [-0.4, -0.2) is 26.1 Å². The van der Waals surface area contributed by atoms with E-state index in [2.05, 4.69) is 0 Å². The van der Waals surface area contributed by atoms with Gasteiger partial charge >= 0.3 is 10.2 Å². The number of hydrogen-bond acceptors (Lipinski definition) is 4. The van der Waals surface area contributed by atoms with Crippen LogP contribution in [0.3, 0.4) is 0 Å². The van der Waals surface area contributed by atoms with Gasteiger partial charge in [-0.25, -0.2) is 0 Å². The third-order valence-electron chi connectivity index (χ3n) is 2.86. The van der Waals surface area contributed by atoms with E-state index in [1.165, 1.54) is 18.2 Å². The molecule has 0 aromatic heterocycles. The van der Waals surface area contributed by atoms with Crippen LogP contribution in [-0.2, 0) is 15.0 Å². The number of carbonyl (C=O) groups excluding carboxylic acids is 1. The van der Waals surface area contributed by atoms with E-state index in [1.54, 1.807) is 0 Å². The molecule has 19 heavy (non-hydrogen) atoms. The normalized spacial score (nSPS) is 19.5. The molecule has 8 heteroatoms. The lowest BCUT2D eigenvalue weighted by Gasteiger charge is -2.18. The van der Waals surface area contributed by atoms with Crippen LogP contribution in [0.5, 0.6) is 0 Å². The number of rotatable bonds is 2. The van der Waals surface area contributed by atoms with Gasteiger partial charge < -0.3 is 4.90 Å². The minimum absolute atomic E-state index is 0.128. The molecule has 1 aromatic rings. The molecule has 5 nitrogen and oxygen atoms in total. The lowest BCUT2D eigenvalue weighted by molar-refractivity contribution is -0.117. The van der Waals surface area contributed by atoms with Gasteiger partial charge in [-0.1, -0.05) is 17.7 Å². The maximum atomic E-state index is 12.9. The Morgan fingerprint density at radius 2 is 2.16 bits per heavy atom. The Hall–Kier alpha value is -1.65. The molecule has 1 aromatic carbocycles. The fraction of sp³-hybridized carbons (Fsp3) is 0.273. The summed E-state index contributed by atoms with van der Waals surface area (Å²) in [5.41, 5.74) is 0.264. The monoisotopic (exact) mass is 302 g/mol. The first-order valence-electron chi connectivity index (χ1n) is 5.27. The second-order valence-corrected chi connectivity index (χ2v) is 6.08. The van der Waals surface area contributed by atoms with Gasteiger partial charge in [0, 0.05) is 13.0 Å². The van der Waals surface area contributed by atoms with E-state index >= 15 is 0 Å². The van der Waals surface area contributed by atoms with Gasteiger partial charge in [-0.15, -0.1) is 3.89 Å². The first-order valence-corrected chi connectivity index (χ1v) is 7.09. The average Bonchev–Trinajstić information content (AvgIpc) is 2.70. The number of nitriles is 1. The van der Waals surface area contributed by atoms with Gasteiger partial charge in [-0.2, -0.15) is 13.7 Å². The Morgan fingerprint density at radius 1 is 1.47 bits per heavy atom. The Labute approximate surface area is 114 Å². The lowest BCUT2D eigenvalue weighted by atomic mass is 10.2. The summed E-state index contributed by atoms with van der Waals surface area (Å²) in [6, 6.07) is 6.33. The topological polar surface area (TPSA) is 78.2 Å². The molecule has 2 rings (SSSR count). The number of halogens is 2. The quantitative estimate of drug-likeness (QED) is 0.778. The Balaban J connectivity index is 2.45. The summed E-state index contributed by atoms with van der Waals surface area (Å²) in [6.07, 6.45) is -0.449. The molecule has 1 saturated heterocycles. The summed E-state index contributed by atoms with van der Waals surface area (Å²) < 4.78 is 34.6. The third-order valence-corrected chi connectivity index (χ3v) is 4.28. The Bertz CT molecular complexity index is 684. The second-order valence-electron chi connectivity index (χ2n) is 4.05. The van der Waals surface area contributed by atoms with Crippen molar-refractivity contribution >= 4 is 33.4 Å². The van der Waals surface area contributed by atoms with Gasteiger partial charge in [-0.3, -0.25) is 4.79 Å². The Kier molecular flexibility index (Phi) is 3.47. The van der Waals surface area contributed by atoms with Crippen LogP contribution in [0.2, 0.25) is 5.02 Å². The van der Waals surface area contributed by atoms with E-state index in [1.807, 2.05) is 6.07 Å². The standard InChI is InChI=1S/C11H8ClFN2O3S/c12-9-3-1-2-7(5-14)11(9)15-6-8(4-10(15)16)19(13,17)18/h1-3,8H,4,6H2. The minimum atomic E-state index is -4.80. The van der Waals surface area contributed by atoms with Gasteiger partial charge in [0.15, 0.2) is 0 Å². The van der Waals surface area contributed by atoms with E-state index in [9.17, 15) is 17.1 Å². The molecule has 1 fully saturated rings. The molecule has 1 atom stereocenters. The fourth-order valence-electron chi connectivity index (χ4n) is 1.96. The molecule has 1 amide bonds. The largest absolute Gasteiger partial charge is 0.308 e. The summed E-state index contributed by atoms with van der Waals surface area (Å²) in [7, 11) is -4.80. The van der Waals surface area contributed by atoms with Crippen LogP contribution in [0.15, 0.2) is 18.2 Å². The molecular formula is C11H8ClFN2O3S.